The Morgan fingerprint density at radius 1 is 1.03 bits per heavy atom. The minimum Gasteiger partial charge on any atom is -0.506 e. The molecule has 0 spiro atoms. The van der Waals surface area contributed by atoms with E-state index in [0.29, 0.717) is 74.2 Å². The number of H-pyrrole nitrogens is 1. The number of nitrogens with zero attached hydrogens (tertiary/aromatic N) is 2. The first-order chi connectivity index (χ1) is 29.0. The normalized spacial score (nSPS) is 14.0. The van der Waals surface area contributed by atoms with Gasteiger partial charge in [-0.15, -0.1) is 0 Å². The van der Waals surface area contributed by atoms with Gasteiger partial charge < -0.3 is 50.4 Å². The maximum absolute atomic E-state index is 12.8. The van der Waals surface area contributed by atoms with Crippen LogP contribution in [0.1, 0.15) is 54.9 Å². The van der Waals surface area contributed by atoms with Crippen molar-refractivity contribution in [3.05, 3.63) is 131 Å². The van der Waals surface area contributed by atoms with Crippen LogP contribution in [0, 0.1) is 0 Å². The fourth-order valence-corrected chi connectivity index (χ4v) is 6.89. The SMILES string of the molecule is C=C(/C=C\C=C/CNC(=O)OC1CCN(CCC(=O)N(C)CCCC(=O)Nc2ccc(CNC[C@H](O)c3ccc(O)c4[nH]c(=O)ccc34)c(OC)c2)CC1)c1ccccc1. The van der Waals surface area contributed by atoms with E-state index in [9.17, 15) is 29.4 Å². The first-order valence-electron chi connectivity index (χ1n) is 20.2. The number of aromatic nitrogens is 1. The average molecular weight is 821 g/mol. The van der Waals surface area contributed by atoms with E-state index in [2.05, 4.69) is 32.4 Å². The number of nitrogens with one attached hydrogen (secondary N) is 4. The number of amides is 3. The highest BCUT2D eigenvalue weighted by Gasteiger charge is 2.23. The van der Waals surface area contributed by atoms with E-state index >= 15 is 0 Å². The number of aromatic hydroxyl groups is 1. The number of carbonyl (C=O) groups is 3. The van der Waals surface area contributed by atoms with Crippen LogP contribution >= 0.6 is 0 Å². The number of benzene rings is 3. The number of phenolic OH excluding ortho intramolecular Hbond substituents is 1. The van der Waals surface area contributed by atoms with Gasteiger partial charge in [-0.25, -0.2) is 4.79 Å². The summed E-state index contributed by atoms with van der Waals surface area (Å²) in [6.45, 7) is 7.52. The van der Waals surface area contributed by atoms with Crippen molar-refractivity contribution in [3.63, 3.8) is 0 Å². The molecular weight excluding hydrogens is 765 g/mol. The van der Waals surface area contributed by atoms with Crippen LogP contribution in [0.15, 0.2) is 108 Å². The number of fused-ring (bicyclic) bond motifs is 1. The maximum Gasteiger partial charge on any atom is 0.407 e. The van der Waals surface area contributed by atoms with Crippen molar-refractivity contribution >= 4 is 40.1 Å². The summed E-state index contributed by atoms with van der Waals surface area (Å²) in [7, 11) is 3.29. The van der Waals surface area contributed by atoms with E-state index in [1.54, 1.807) is 43.3 Å². The minimum absolute atomic E-state index is 0.00894. The van der Waals surface area contributed by atoms with Crippen molar-refractivity contribution in [2.45, 2.75) is 50.9 Å². The number of aromatic amines is 1. The molecule has 2 heterocycles. The number of carbonyl (C=O) groups excluding carboxylic acids is 3. The van der Waals surface area contributed by atoms with Crippen molar-refractivity contribution in [3.8, 4) is 11.5 Å². The molecule has 1 aliphatic rings. The molecule has 3 aromatic carbocycles. The second-order valence-electron chi connectivity index (χ2n) is 14.7. The number of ether oxygens (including phenoxy) is 2. The number of pyridine rings is 1. The molecule has 3 amide bonds. The maximum atomic E-state index is 12.8. The first kappa shape index (κ1) is 44.9. The van der Waals surface area contributed by atoms with Crippen LogP contribution in [0.4, 0.5) is 10.5 Å². The number of alkyl carbamates (subject to hydrolysis) is 1. The molecule has 0 aliphatic carbocycles. The van der Waals surface area contributed by atoms with Gasteiger partial charge in [-0.1, -0.05) is 73.3 Å². The summed E-state index contributed by atoms with van der Waals surface area (Å²) in [6, 6.07) is 21.2. The van der Waals surface area contributed by atoms with Crippen LogP contribution in [-0.4, -0.2) is 102 Å². The highest BCUT2D eigenvalue weighted by molar-refractivity contribution is 5.91. The molecule has 1 saturated heterocycles. The Morgan fingerprint density at radius 3 is 2.58 bits per heavy atom. The standard InChI is InChI=1S/C46H56N6O8/c1-32(33-12-7-4-8-13-33)11-6-5-9-24-48-46(58)60-36-21-26-52(27-22-36)28-23-44(57)51(2)25-10-14-42(55)49-35-16-15-34(41(29-35)59-3)30-47-31-40(54)37-17-19-39(53)45-38(37)18-20-43(56)50-45/h4-9,11-13,15-20,29,36,40,47,53-54H,1,10,14,21-28,30-31H2,2-3H3,(H,48,58)(H,49,55)(H,50,56)/b9-5-,11-6-/t40-/m0/s1. The number of aliphatic hydroxyl groups is 1. The van der Waals surface area contributed by atoms with Crippen LogP contribution in [-0.2, 0) is 20.9 Å². The summed E-state index contributed by atoms with van der Waals surface area (Å²) in [5, 5.41) is 30.4. The van der Waals surface area contributed by atoms with Crippen LogP contribution in [0.5, 0.6) is 11.5 Å². The van der Waals surface area contributed by atoms with Crippen molar-refractivity contribution in [1.82, 2.24) is 25.4 Å². The number of anilines is 1. The summed E-state index contributed by atoms with van der Waals surface area (Å²) < 4.78 is 11.2. The van der Waals surface area contributed by atoms with Gasteiger partial charge in [0.25, 0.3) is 0 Å². The predicted octanol–water partition coefficient (Wildman–Crippen LogP) is 5.65. The predicted molar refractivity (Wildman–Crippen MR) is 234 cm³/mol. The monoisotopic (exact) mass is 820 g/mol. The van der Waals surface area contributed by atoms with Crippen LogP contribution in [0.2, 0.25) is 0 Å². The quantitative estimate of drug-likeness (QED) is 0.0609. The van der Waals surface area contributed by atoms with E-state index in [0.717, 1.165) is 29.8 Å². The number of methoxy groups -OCH3 is 1. The summed E-state index contributed by atoms with van der Waals surface area (Å²) in [6.07, 6.45) is 8.49. The van der Waals surface area contributed by atoms with Crippen molar-refractivity contribution in [2.24, 2.45) is 0 Å². The molecule has 0 unspecified atom stereocenters. The lowest BCUT2D eigenvalue weighted by Crippen LogP contribution is -2.41. The van der Waals surface area contributed by atoms with Crippen molar-refractivity contribution in [2.75, 3.05) is 58.7 Å². The molecule has 1 fully saturated rings. The van der Waals surface area contributed by atoms with E-state index in [1.807, 2.05) is 60.7 Å². The summed E-state index contributed by atoms with van der Waals surface area (Å²) in [5.74, 6) is 0.317. The molecule has 6 N–H and O–H groups in total. The van der Waals surface area contributed by atoms with Gasteiger partial charge in [-0.3, -0.25) is 14.4 Å². The highest BCUT2D eigenvalue weighted by Crippen LogP contribution is 2.29. The lowest BCUT2D eigenvalue weighted by Gasteiger charge is -2.31. The van der Waals surface area contributed by atoms with Gasteiger partial charge >= 0.3 is 6.09 Å². The zero-order chi connectivity index (χ0) is 42.9. The summed E-state index contributed by atoms with van der Waals surface area (Å²) in [4.78, 5) is 56.1. The van der Waals surface area contributed by atoms with Gasteiger partial charge in [0.1, 0.15) is 17.6 Å². The zero-order valence-electron chi connectivity index (χ0n) is 34.3. The fourth-order valence-electron chi connectivity index (χ4n) is 6.89. The Kier molecular flexibility index (Phi) is 17.1. The topological polar surface area (TPSA) is 186 Å². The molecule has 0 bridgehead atoms. The molecule has 5 rings (SSSR count). The Balaban J connectivity index is 0.927. The van der Waals surface area contributed by atoms with Gasteiger partial charge in [0.2, 0.25) is 17.4 Å². The zero-order valence-corrected chi connectivity index (χ0v) is 34.3. The molecule has 14 heteroatoms. The number of phenols is 1. The van der Waals surface area contributed by atoms with Gasteiger partial charge in [0.15, 0.2) is 0 Å². The van der Waals surface area contributed by atoms with Crippen molar-refractivity contribution < 1.29 is 34.1 Å². The fraction of sp³-hybridized carbons (Fsp3) is 0.348. The number of rotatable bonds is 20. The van der Waals surface area contributed by atoms with Crippen LogP contribution < -0.4 is 26.2 Å². The number of aliphatic hydroxyl groups excluding tert-OH is 1. The molecule has 0 radical (unpaired) electrons. The first-order valence-corrected chi connectivity index (χ1v) is 20.2. The van der Waals surface area contributed by atoms with Crippen molar-refractivity contribution in [1.29, 1.82) is 0 Å². The Morgan fingerprint density at radius 2 is 1.82 bits per heavy atom. The van der Waals surface area contributed by atoms with Crippen LogP contribution in [0.25, 0.3) is 16.5 Å². The smallest absolute Gasteiger partial charge is 0.407 e. The third-order valence-electron chi connectivity index (χ3n) is 10.3. The second-order valence-corrected chi connectivity index (χ2v) is 14.7. The molecule has 318 valence electrons. The number of allylic oxidation sites excluding steroid dienone is 4. The Bertz CT molecular complexity index is 2200. The van der Waals surface area contributed by atoms with Gasteiger partial charge in [0, 0.05) is 94.5 Å². The molecule has 1 aromatic heterocycles. The summed E-state index contributed by atoms with van der Waals surface area (Å²) >= 11 is 0. The number of likely N-dealkylation sites (tertiary alicyclic amines) is 1. The molecule has 0 saturated carbocycles. The van der Waals surface area contributed by atoms with E-state index in [-0.39, 0.29) is 47.7 Å². The summed E-state index contributed by atoms with van der Waals surface area (Å²) in [5.41, 5.74) is 3.84. The largest absolute Gasteiger partial charge is 0.506 e. The third-order valence-corrected chi connectivity index (χ3v) is 10.3. The lowest BCUT2D eigenvalue weighted by molar-refractivity contribution is -0.130. The van der Waals surface area contributed by atoms with E-state index < -0.39 is 12.2 Å². The Labute approximate surface area is 350 Å². The molecule has 4 aromatic rings. The molecule has 1 atom stereocenters. The van der Waals surface area contributed by atoms with Gasteiger partial charge in [0.05, 0.1) is 18.7 Å². The number of piperidine rings is 1. The van der Waals surface area contributed by atoms with E-state index in [4.69, 9.17) is 9.47 Å². The van der Waals surface area contributed by atoms with Gasteiger partial charge in [-0.2, -0.15) is 0 Å². The average Bonchev–Trinajstić information content (AvgIpc) is 3.25. The molecular formula is C46H56N6O8. The minimum atomic E-state index is -0.912. The Hall–Kier alpha value is -6.22. The molecule has 14 nitrogen and oxygen atoms in total. The third kappa shape index (κ3) is 13.7. The molecule has 60 heavy (non-hydrogen) atoms. The lowest BCUT2D eigenvalue weighted by atomic mass is 10.0. The highest BCUT2D eigenvalue weighted by atomic mass is 16.6. The van der Waals surface area contributed by atoms with E-state index in [1.165, 1.54) is 12.1 Å². The number of hydrogen-bond acceptors (Lipinski definition) is 10. The molecule has 1 aliphatic heterocycles. The number of hydrogen-bond donors (Lipinski definition) is 6. The van der Waals surface area contributed by atoms with Crippen LogP contribution in [0.3, 0.4) is 0 Å². The second kappa shape index (κ2) is 22.8. The van der Waals surface area contributed by atoms with Gasteiger partial charge in [-0.05, 0) is 54.2 Å².